The van der Waals surface area contributed by atoms with Crippen LogP contribution in [0, 0.1) is 5.92 Å². The lowest BCUT2D eigenvalue weighted by Gasteiger charge is -2.18. The van der Waals surface area contributed by atoms with Gasteiger partial charge >= 0.3 is 17.9 Å². The number of unbranched alkanes of at least 4 members (excludes halogenated alkanes) is 21. The van der Waals surface area contributed by atoms with Crippen molar-refractivity contribution in [1.29, 1.82) is 0 Å². The molecule has 0 heterocycles. The summed E-state index contributed by atoms with van der Waals surface area (Å²) in [5, 5.41) is 0. The third kappa shape index (κ3) is 33.6. The van der Waals surface area contributed by atoms with E-state index in [9.17, 15) is 14.4 Å². The summed E-state index contributed by atoms with van der Waals surface area (Å²) in [5.74, 6) is -0.0624. The zero-order chi connectivity index (χ0) is 33.2. The van der Waals surface area contributed by atoms with E-state index in [0.29, 0.717) is 19.3 Å². The van der Waals surface area contributed by atoms with E-state index in [2.05, 4.69) is 27.7 Å². The van der Waals surface area contributed by atoms with Gasteiger partial charge in [-0.05, 0) is 25.2 Å². The first-order chi connectivity index (χ1) is 21.9. The lowest BCUT2D eigenvalue weighted by Crippen LogP contribution is -2.30. The maximum atomic E-state index is 12.5. The summed E-state index contributed by atoms with van der Waals surface area (Å²) < 4.78 is 16.5. The van der Waals surface area contributed by atoms with Crippen LogP contribution in [-0.2, 0) is 28.6 Å². The van der Waals surface area contributed by atoms with Crippen LogP contribution in [0.2, 0.25) is 0 Å². The van der Waals surface area contributed by atoms with Crippen molar-refractivity contribution in [2.75, 3.05) is 13.2 Å². The number of hydrogen-bond acceptors (Lipinski definition) is 6. The number of rotatable bonds is 34. The fourth-order valence-corrected chi connectivity index (χ4v) is 5.57. The van der Waals surface area contributed by atoms with Gasteiger partial charge in [0.05, 0.1) is 0 Å². The molecule has 0 fully saturated rings. The van der Waals surface area contributed by atoms with Crippen molar-refractivity contribution in [2.45, 2.75) is 214 Å². The topological polar surface area (TPSA) is 78.9 Å². The van der Waals surface area contributed by atoms with Gasteiger partial charge in [0.2, 0.25) is 0 Å². The van der Waals surface area contributed by atoms with Gasteiger partial charge in [0.15, 0.2) is 6.10 Å². The summed E-state index contributed by atoms with van der Waals surface area (Å²) in [6, 6.07) is 0. The Bertz CT molecular complexity index is 676. The molecular weight excluding hydrogens is 564 g/mol. The van der Waals surface area contributed by atoms with E-state index in [1.807, 2.05) is 0 Å². The lowest BCUT2D eigenvalue weighted by atomic mass is 10.0. The molecule has 6 heteroatoms. The van der Waals surface area contributed by atoms with Crippen LogP contribution in [0.15, 0.2) is 0 Å². The highest BCUT2D eigenvalue weighted by molar-refractivity contribution is 5.71. The first-order valence-corrected chi connectivity index (χ1v) is 19.4. The Morgan fingerprint density at radius 1 is 0.422 bits per heavy atom. The van der Waals surface area contributed by atoms with Crippen LogP contribution >= 0.6 is 0 Å². The van der Waals surface area contributed by atoms with E-state index in [1.54, 1.807) is 0 Å². The predicted molar refractivity (Wildman–Crippen MR) is 187 cm³/mol. The molecule has 0 aliphatic heterocycles. The van der Waals surface area contributed by atoms with Gasteiger partial charge in [0.25, 0.3) is 0 Å². The number of esters is 3. The van der Waals surface area contributed by atoms with Crippen LogP contribution in [-0.4, -0.2) is 37.2 Å². The smallest absolute Gasteiger partial charge is 0.306 e. The number of carbonyl (C=O) groups excluding carboxylic acids is 3. The minimum atomic E-state index is -0.755. The molecule has 1 atom stereocenters. The van der Waals surface area contributed by atoms with E-state index in [0.717, 1.165) is 70.1 Å². The second kappa shape index (κ2) is 33.8. The van der Waals surface area contributed by atoms with Crippen LogP contribution in [0.25, 0.3) is 0 Å². The Hall–Kier alpha value is -1.59. The van der Waals surface area contributed by atoms with E-state index >= 15 is 0 Å². The summed E-state index contributed by atoms with van der Waals surface area (Å²) in [4.78, 5) is 37.2. The first-order valence-electron chi connectivity index (χ1n) is 19.4. The van der Waals surface area contributed by atoms with Crippen LogP contribution in [0.1, 0.15) is 207 Å². The maximum Gasteiger partial charge on any atom is 0.306 e. The Kier molecular flexibility index (Phi) is 32.6. The molecule has 0 aliphatic rings. The molecule has 0 spiro atoms. The molecule has 0 N–H and O–H groups in total. The average molecular weight is 639 g/mol. The molecule has 0 unspecified atom stereocenters. The van der Waals surface area contributed by atoms with Gasteiger partial charge in [-0.3, -0.25) is 14.4 Å². The van der Waals surface area contributed by atoms with Crippen molar-refractivity contribution in [2.24, 2.45) is 5.92 Å². The van der Waals surface area contributed by atoms with E-state index in [4.69, 9.17) is 14.2 Å². The predicted octanol–water partition coefficient (Wildman–Crippen LogP) is 11.6. The second-order valence-electron chi connectivity index (χ2n) is 13.7. The van der Waals surface area contributed by atoms with Gasteiger partial charge in [0.1, 0.15) is 13.2 Å². The lowest BCUT2D eigenvalue weighted by molar-refractivity contribution is -0.167. The SMILES string of the molecule is CCCCCCCCCCCC(=O)O[C@H](COC(=O)CCCCCCC)COC(=O)CCCCCCCCCCCCC(C)C. The van der Waals surface area contributed by atoms with Crippen molar-refractivity contribution in [3.63, 3.8) is 0 Å². The quantitative estimate of drug-likeness (QED) is 0.0396. The van der Waals surface area contributed by atoms with Crippen LogP contribution in [0.5, 0.6) is 0 Å². The molecule has 0 radical (unpaired) electrons. The largest absolute Gasteiger partial charge is 0.462 e. The summed E-state index contributed by atoms with van der Waals surface area (Å²) >= 11 is 0. The van der Waals surface area contributed by atoms with Gasteiger partial charge in [-0.2, -0.15) is 0 Å². The molecular formula is C39H74O6. The average Bonchev–Trinajstić information content (AvgIpc) is 3.01. The number of ether oxygens (including phenoxy) is 3. The molecule has 6 nitrogen and oxygen atoms in total. The van der Waals surface area contributed by atoms with Crippen LogP contribution in [0.3, 0.4) is 0 Å². The monoisotopic (exact) mass is 639 g/mol. The Morgan fingerprint density at radius 3 is 1.09 bits per heavy atom. The van der Waals surface area contributed by atoms with Crippen LogP contribution < -0.4 is 0 Å². The standard InChI is InChI=1S/C39H74O6/c1-5-7-9-11-12-15-20-24-28-32-39(42)45-36(33-43-37(40)30-26-21-10-8-6-2)34-44-38(41)31-27-23-19-17-14-13-16-18-22-25-29-35(3)4/h35-36H,5-34H2,1-4H3/t36-/m1/s1. The molecule has 266 valence electrons. The fraction of sp³-hybridized carbons (Fsp3) is 0.923. The molecule has 0 saturated carbocycles. The molecule has 0 aromatic heterocycles. The number of carbonyl (C=O) groups is 3. The van der Waals surface area contributed by atoms with Gasteiger partial charge in [-0.1, -0.05) is 169 Å². The van der Waals surface area contributed by atoms with Crippen molar-refractivity contribution in [1.82, 2.24) is 0 Å². The van der Waals surface area contributed by atoms with E-state index in [-0.39, 0.29) is 31.1 Å². The molecule has 0 aromatic rings. The summed E-state index contributed by atoms with van der Waals surface area (Å²) in [7, 11) is 0. The highest BCUT2D eigenvalue weighted by Crippen LogP contribution is 2.15. The van der Waals surface area contributed by atoms with E-state index in [1.165, 1.54) is 96.3 Å². The highest BCUT2D eigenvalue weighted by atomic mass is 16.6. The van der Waals surface area contributed by atoms with Crippen molar-refractivity contribution in [3.8, 4) is 0 Å². The number of hydrogen-bond donors (Lipinski definition) is 0. The molecule has 0 rings (SSSR count). The molecule has 0 amide bonds. The highest BCUT2D eigenvalue weighted by Gasteiger charge is 2.19. The normalized spacial score (nSPS) is 11.9. The molecule has 0 bridgehead atoms. The second-order valence-corrected chi connectivity index (χ2v) is 13.7. The van der Waals surface area contributed by atoms with Gasteiger partial charge < -0.3 is 14.2 Å². The summed E-state index contributed by atoms with van der Waals surface area (Å²) in [6.07, 6.45) is 29.7. The van der Waals surface area contributed by atoms with Crippen LogP contribution in [0.4, 0.5) is 0 Å². The van der Waals surface area contributed by atoms with Gasteiger partial charge in [0, 0.05) is 19.3 Å². The Balaban J connectivity index is 4.24. The third-order valence-electron chi connectivity index (χ3n) is 8.54. The first kappa shape index (κ1) is 43.4. The molecule has 0 saturated heterocycles. The zero-order valence-corrected chi connectivity index (χ0v) is 30.3. The molecule has 0 aliphatic carbocycles. The van der Waals surface area contributed by atoms with Gasteiger partial charge in [-0.15, -0.1) is 0 Å². The molecule has 0 aromatic carbocycles. The fourth-order valence-electron chi connectivity index (χ4n) is 5.57. The molecule has 45 heavy (non-hydrogen) atoms. The maximum absolute atomic E-state index is 12.5. The zero-order valence-electron chi connectivity index (χ0n) is 30.3. The summed E-state index contributed by atoms with van der Waals surface area (Å²) in [5.41, 5.74) is 0. The van der Waals surface area contributed by atoms with Crippen molar-refractivity contribution >= 4 is 17.9 Å². The van der Waals surface area contributed by atoms with E-state index < -0.39 is 6.10 Å². The summed E-state index contributed by atoms with van der Waals surface area (Å²) in [6.45, 7) is 8.85. The third-order valence-corrected chi connectivity index (χ3v) is 8.54. The minimum Gasteiger partial charge on any atom is -0.462 e. The van der Waals surface area contributed by atoms with Crippen molar-refractivity contribution in [3.05, 3.63) is 0 Å². The minimum absolute atomic E-state index is 0.0662. The van der Waals surface area contributed by atoms with Crippen molar-refractivity contribution < 1.29 is 28.6 Å². The Labute approximate surface area is 278 Å². The Morgan fingerprint density at radius 2 is 0.733 bits per heavy atom. The van der Waals surface area contributed by atoms with Gasteiger partial charge in [-0.25, -0.2) is 0 Å².